The molecule has 0 N–H and O–H groups in total. The number of nitrogens with zero attached hydrogens (tertiary/aromatic N) is 2. The molecule has 0 fully saturated rings. The zero-order valence-electron chi connectivity index (χ0n) is 11.0. The fraction of sp³-hybridized carbons (Fsp3) is 0.188. The van der Waals surface area contributed by atoms with Gasteiger partial charge < -0.3 is 4.74 Å². The predicted octanol–water partition coefficient (Wildman–Crippen LogP) is 2.48. The highest BCUT2D eigenvalue weighted by atomic mass is 16.5. The molecule has 3 aliphatic rings. The van der Waals surface area contributed by atoms with Gasteiger partial charge in [0.25, 0.3) is 0 Å². The van der Waals surface area contributed by atoms with Crippen molar-refractivity contribution in [2.24, 2.45) is 9.98 Å². The molecule has 1 aromatic carbocycles. The van der Waals surface area contributed by atoms with Crippen LogP contribution in [-0.4, -0.2) is 25.0 Å². The first-order chi connectivity index (χ1) is 9.77. The topological polar surface area (TPSA) is 51.0 Å². The molecule has 4 rings (SSSR count). The third-order valence-corrected chi connectivity index (χ3v) is 4.13. The fourth-order valence-corrected chi connectivity index (χ4v) is 3.23. The summed E-state index contributed by atoms with van der Waals surface area (Å²) in [5.41, 5.74) is 3.88. The highest BCUT2D eigenvalue weighted by Gasteiger charge is 2.51. The smallest absolute Gasteiger partial charge is 0.339 e. The number of allylic oxidation sites excluding steroid dienone is 3. The third-order valence-electron chi connectivity index (χ3n) is 4.13. The van der Waals surface area contributed by atoms with Crippen molar-refractivity contribution in [3.63, 3.8) is 0 Å². The number of methoxy groups -OCH3 is 1. The number of esters is 1. The number of benzene rings is 1. The minimum Gasteiger partial charge on any atom is -0.465 e. The van der Waals surface area contributed by atoms with E-state index in [4.69, 9.17) is 4.74 Å². The summed E-state index contributed by atoms with van der Waals surface area (Å²) in [6.07, 6.45) is 6.30. The van der Waals surface area contributed by atoms with Crippen molar-refractivity contribution < 1.29 is 9.53 Å². The van der Waals surface area contributed by atoms with E-state index in [2.05, 4.69) is 16.1 Å². The van der Waals surface area contributed by atoms with Gasteiger partial charge >= 0.3 is 5.97 Å². The van der Waals surface area contributed by atoms with Crippen molar-refractivity contribution in [3.8, 4) is 0 Å². The van der Waals surface area contributed by atoms with Crippen LogP contribution in [0.15, 0.2) is 57.7 Å². The quantitative estimate of drug-likeness (QED) is 0.732. The number of fused-ring (bicyclic) bond motifs is 1. The second-order valence-corrected chi connectivity index (χ2v) is 5.02. The summed E-state index contributed by atoms with van der Waals surface area (Å²) >= 11 is 0. The number of para-hydroxylation sites is 1. The molecule has 0 aromatic heterocycles. The summed E-state index contributed by atoms with van der Waals surface area (Å²) < 4.78 is 4.88. The Bertz CT molecular complexity index is 755. The zero-order chi connectivity index (χ0) is 13.7. The second-order valence-electron chi connectivity index (χ2n) is 5.02. The standard InChI is InChI=1S/C16H12N2O2/c1-20-15(19)10-6-7-13-16(8-9-17-13)11-4-2-3-5-12(11)18-14(10)16/h2-7,9H,8H2,1H3. The van der Waals surface area contributed by atoms with Crippen LogP contribution in [-0.2, 0) is 14.9 Å². The minimum atomic E-state index is -0.394. The van der Waals surface area contributed by atoms with Crippen LogP contribution in [0.2, 0.25) is 0 Å². The predicted molar refractivity (Wildman–Crippen MR) is 76.5 cm³/mol. The van der Waals surface area contributed by atoms with Crippen molar-refractivity contribution in [1.29, 1.82) is 0 Å². The highest BCUT2D eigenvalue weighted by Crippen LogP contribution is 2.52. The fourth-order valence-electron chi connectivity index (χ4n) is 3.23. The van der Waals surface area contributed by atoms with E-state index in [1.165, 1.54) is 7.11 Å². The first kappa shape index (κ1) is 11.3. The van der Waals surface area contributed by atoms with Gasteiger partial charge in [0.05, 0.1) is 35.2 Å². The van der Waals surface area contributed by atoms with Gasteiger partial charge in [-0.2, -0.15) is 0 Å². The van der Waals surface area contributed by atoms with Crippen molar-refractivity contribution in [3.05, 3.63) is 53.3 Å². The van der Waals surface area contributed by atoms with E-state index in [1.807, 2.05) is 30.5 Å². The van der Waals surface area contributed by atoms with E-state index in [9.17, 15) is 4.79 Å². The molecule has 4 nitrogen and oxygen atoms in total. The average molecular weight is 264 g/mol. The average Bonchev–Trinajstić information content (AvgIpc) is 3.06. The van der Waals surface area contributed by atoms with E-state index in [-0.39, 0.29) is 5.97 Å². The largest absolute Gasteiger partial charge is 0.465 e. The molecule has 1 unspecified atom stereocenters. The van der Waals surface area contributed by atoms with Crippen LogP contribution in [0, 0.1) is 0 Å². The summed E-state index contributed by atoms with van der Waals surface area (Å²) in [6, 6.07) is 7.99. The third kappa shape index (κ3) is 1.18. The van der Waals surface area contributed by atoms with E-state index >= 15 is 0 Å². The lowest BCUT2D eigenvalue weighted by Crippen LogP contribution is -2.37. The van der Waals surface area contributed by atoms with Crippen molar-refractivity contribution in [1.82, 2.24) is 0 Å². The number of carbonyl (C=O) groups is 1. The van der Waals surface area contributed by atoms with Gasteiger partial charge in [0, 0.05) is 12.6 Å². The van der Waals surface area contributed by atoms with E-state index in [0.717, 1.165) is 29.1 Å². The number of hydrogen-bond acceptors (Lipinski definition) is 4. The van der Waals surface area contributed by atoms with E-state index in [0.29, 0.717) is 5.57 Å². The molecule has 2 aliphatic heterocycles. The minimum absolute atomic E-state index is 0.349. The molecule has 4 heteroatoms. The number of rotatable bonds is 1. The Morgan fingerprint density at radius 1 is 1.30 bits per heavy atom. The highest BCUT2D eigenvalue weighted by molar-refractivity contribution is 6.29. The van der Waals surface area contributed by atoms with Gasteiger partial charge in [-0.05, 0) is 23.8 Å². The Kier molecular flexibility index (Phi) is 2.13. The van der Waals surface area contributed by atoms with Gasteiger partial charge in [0.2, 0.25) is 0 Å². The molecular formula is C16H12N2O2. The van der Waals surface area contributed by atoms with Gasteiger partial charge in [-0.3, -0.25) is 9.98 Å². The first-order valence-corrected chi connectivity index (χ1v) is 6.50. The van der Waals surface area contributed by atoms with Crippen molar-refractivity contribution in [2.45, 2.75) is 11.8 Å². The van der Waals surface area contributed by atoms with Gasteiger partial charge in [0.15, 0.2) is 0 Å². The summed E-state index contributed by atoms with van der Waals surface area (Å²) in [6.45, 7) is 0. The lowest BCUT2D eigenvalue weighted by Gasteiger charge is -2.30. The normalized spacial score (nSPS) is 25.1. The van der Waals surface area contributed by atoms with Crippen LogP contribution < -0.4 is 0 Å². The maximum absolute atomic E-state index is 12.0. The molecule has 0 saturated heterocycles. The summed E-state index contributed by atoms with van der Waals surface area (Å²) in [7, 11) is 1.39. The maximum atomic E-state index is 12.0. The van der Waals surface area contributed by atoms with E-state index in [1.54, 1.807) is 6.08 Å². The first-order valence-electron chi connectivity index (χ1n) is 6.50. The Balaban J connectivity index is 1.99. The molecule has 20 heavy (non-hydrogen) atoms. The molecule has 0 saturated carbocycles. The Morgan fingerprint density at radius 3 is 3.00 bits per heavy atom. The molecule has 0 amide bonds. The Hall–Kier alpha value is -2.49. The van der Waals surface area contributed by atoms with Crippen LogP contribution in [0.4, 0.5) is 5.69 Å². The Morgan fingerprint density at radius 2 is 2.15 bits per heavy atom. The van der Waals surface area contributed by atoms with Crippen LogP contribution in [0.25, 0.3) is 0 Å². The monoisotopic (exact) mass is 264 g/mol. The summed E-state index contributed by atoms with van der Waals surface area (Å²) in [5.74, 6) is -0.349. The van der Waals surface area contributed by atoms with Gasteiger partial charge in [-0.15, -0.1) is 0 Å². The molecule has 0 bridgehead atoms. The molecule has 1 aliphatic carbocycles. The maximum Gasteiger partial charge on any atom is 0.339 e. The van der Waals surface area contributed by atoms with Gasteiger partial charge in [-0.1, -0.05) is 18.2 Å². The molecule has 98 valence electrons. The van der Waals surface area contributed by atoms with Gasteiger partial charge in [0.1, 0.15) is 0 Å². The summed E-state index contributed by atoms with van der Waals surface area (Å²) in [5, 5.41) is 0. The molecule has 1 spiro atoms. The number of hydrogen-bond donors (Lipinski definition) is 0. The molecule has 1 aromatic rings. The number of ether oxygens (including phenoxy) is 1. The Labute approximate surface area is 116 Å². The van der Waals surface area contributed by atoms with Crippen LogP contribution in [0.5, 0.6) is 0 Å². The van der Waals surface area contributed by atoms with Gasteiger partial charge in [-0.25, -0.2) is 4.79 Å². The lowest BCUT2D eigenvalue weighted by atomic mass is 9.70. The summed E-state index contributed by atoms with van der Waals surface area (Å²) in [4.78, 5) is 21.2. The van der Waals surface area contributed by atoms with Crippen molar-refractivity contribution >= 4 is 23.6 Å². The van der Waals surface area contributed by atoms with Crippen molar-refractivity contribution in [2.75, 3.05) is 7.11 Å². The number of carbonyl (C=O) groups excluding carboxylic acids is 1. The van der Waals surface area contributed by atoms with E-state index < -0.39 is 5.41 Å². The molecular weight excluding hydrogens is 252 g/mol. The molecule has 1 atom stereocenters. The molecule has 0 radical (unpaired) electrons. The van der Waals surface area contributed by atoms with Crippen LogP contribution in [0.1, 0.15) is 12.0 Å². The lowest BCUT2D eigenvalue weighted by molar-refractivity contribution is -0.135. The number of aliphatic imine (C=N–C) groups is 2. The molecule has 2 heterocycles. The van der Waals surface area contributed by atoms with Crippen LogP contribution >= 0.6 is 0 Å². The SMILES string of the molecule is COC(=O)C1=CC=C2N=CCC23C1=Nc1ccccc13. The second kappa shape index (κ2) is 3.76. The van der Waals surface area contributed by atoms with Crippen LogP contribution in [0.3, 0.4) is 0 Å². The zero-order valence-corrected chi connectivity index (χ0v) is 11.0.